The summed E-state index contributed by atoms with van der Waals surface area (Å²) in [6.07, 6.45) is 2.94. The van der Waals surface area contributed by atoms with Crippen molar-refractivity contribution in [1.82, 2.24) is 0 Å². The summed E-state index contributed by atoms with van der Waals surface area (Å²) in [5, 5.41) is 2.97. The molecule has 0 unspecified atom stereocenters. The number of carbonyl (C=O) groups is 1. The van der Waals surface area contributed by atoms with Crippen LogP contribution in [-0.4, -0.2) is 12.8 Å². The molecule has 0 atom stereocenters. The lowest BCUT2D eigenvalue weighted by atomic mass is 10.1. The van der Waals surface area contributed by atoms with Gasteiger partial charge in [-0.15, -0.1) is 0 Å². The van der Waals surface area contributed by atoms with Crippen molar-refractivity contribution >= 4 is 12.0 Å². The maximum Gasteiger partial charge on any atom is 0.169 e. The van der Waals surface area contributed by atoms with Gasteiger partial charge >= 0.3 is 0 Å². The van der Waals surface area contributed by atoms with Crippen LogP contribution in [0, 0.1) is 0 Å². The van der Waals surface area contributed by atoms with E-state index in [-0.39, 0.29) is 0 Å². The molecular formula is C11H12N2O2. The van der Waals surface area contributed by atoms with E-state index in [1.807, 2.05) is 18.2 Å². The molecule has 3 N–H and O–H groups in total. The number of nitrogens with two attached hydrogens (primary N) is 1. The molecule has 4 nitrogen and oxygen atoms in total. The van der Waals surface area contributed by atoms with Crippen LogP contribution in [0.15, 0.2) is 30.2 Å². The van der Waals surface area contributed by atoms with Gasteiger partial charge in [-0.05, 0) is 30.7 Å². The molecule has 15 heavy (non-hydrogen) atoms. The van der Waals surface area contributed by atoms with Gasteiger partial charge in [0, 0.05) is 0 Å². The maximum absolute atomic E-state index is 10.5. The van der Waals surface area contributed by atoms with Crippen molar-refractivity contribution < 1.29 is 9.53 Å². The lowest BCUT2D eigenvalue weighted by molar-refractivity contribution is -0.104. The van der Waals surface area contributed by atoms with Crippen molar-refractivity contribution in [3.63, 3.8) is 0 Å². The highest BCUT2D eigenvalue weighted by atomic mass is 16.5. The predicted molar refractivity (Wildman–Crippen MR) is 57.6 cm³/mol. The van der Waals surface area contributed by atoms with Gasteiger partial charge in [0.25, 0.3) is 0 Å². The zero-order valence-electron chi connectivity index (χ0n) is 8.19. The molecular weight excluding hydrogens is 192 g/mol. The Morgan fingerprint density at radius 2 is 2.33 bits per heavy atom. The van der Waals surface area contributed by atoms with Crippen LogP contribution in [0.5, 0.6) is 5.75 Å². The van der Waals surface area contributed by atoms with Crippen LogP contribution in [0.1, 0.15) is 5.56 Å². The summed E-state index contributed by atoms with van der Waals surface area (Å²) in [5.41, 5.74) is 7.83. The van der Waals surface area contributed by atoms with Crippen molar-refractivity contribution in [1.29, 1.82) is 0 Å². The average molecular weight is 204 g/mol. The quantitative estimate of drug-likeness (QED) is 0.722. The van der Waals surface area contributed by atoms with E-state index < -0.39 is 0 Å². The predicted octanol–water partition coefficient (Wildman–Crippen LogP) is 1.03. The average Bonchev–Trinajstić information content (AvgIpc) is 2.28. The molecule has 2 rings (SSSR count). The van der Waals surface area contributed by atoms with Gasteiger partial charge in [0.2, 0.25) is 0 Å². The largest absolute Gasteiger partial charge is 0.461 e. The molecule has 0 aromatic heterocycles. The molecule has 1 aliphatic heterocycles. The fraction of sp³-hybridized carbons (Fsp3) is 0.182. The van der Waals surface area contributed by atoms with E-state index in [2.05, 4.69) is 5.32 Å². The lowest BCUT2D eigenvalue weighted by Gasteiger charge is -2.17. The number of benzene rings is 1. The Hall–Kier alpha value is -1.81. The van der Waals surface area contributed by atoms with Gasteiger partial charge in [-0.1, -0.05) is 6.07 Å². The van der Waals surface area contributed by atoms with Gasteiger partial charge in [-0.3, -0.25) is 4.79 Å². The van der Waals surface area contributed by atoms with E-state index in [0.717, 1.165) is 29.7 Å². The maximum atomic E-state index is 10.5. The van der Waals surface area contributed by atoms with E-state index >= 15 is 0 Å². The second-order valence-corrected chi connectivity index (χ2v) is 3.30. The number of nitrogens with one attached hydrogen (secondary N) is 1. The van der Waals surface area contributed by atoms with Crippen LogP contribution in [0.2, 0.25) is 0 Å². The number of anilines is 1. The Morgan fingerprint density at radius 3 is 3.07 bits per heavy atom. The first kappa shape index (κ1) is 9.73. The number of fused-ring (bicyclic) bond motifs is 1. The fourth-order valence-electron chi connectivity index (χ4n) is 1.47. The van der Waals surface area contributed by atoms with Crippen LogP contribution in [0.25, 0.3) is 0 Å². The van der Waals surface area contributed by atoms with E-state index in [1.54, 1.807) is 0 Å². The van der Waals surface area contributed by atoms with Crippen LogP contribution in [-0.2, 0) is 11.2 Å². The van der Waals surface area contributed by atoms with Crippen molar-refractivity contribution in [2.45, 2.75) is 6.42 Å². The Morgan fingerprint density at radius 1 is 1.47 bits per heavy atom. The Bertz CT molecular complexity index is 413. The SMILES string of the molecule is NCCc1ccc2c(c1)NC(C=O)=CO2. The molecule has 1 aromatic rings. The lowest BCUT2D eigenvalue weighted by Crippen LogP contribution is -2.10. The third kappa shape index (κ3) is 1.99. The molecule has 0 bridgehead atoms. The molecule has 0 saturated heterocycles. The molecule has 1 aromatic carbocycles. The minimum absolute atomic E-state index is 0.424. The first-order valence-corrected chi connectivity index (χ1v) is 4.75. The minimum atomic E-state index is 0.424. The summed E-state index contributed by atoms with van der Waals surface area (Å²) >= 11 is 0. The summed E-state index contributed by atoms with van der Waals surface area (Å²) in [4.78, 5) is 10.5. The standard InChI is InChI=1S/C11H12N2O2/c12-4-3-8-1-2-11-10(5-8)13-9(6-14)7-15-11/h1-2,5-7,13H,3-4,12H2. The molecule has 0 fully saturated rings. The van der Waals surface area contributed by atoms with Crippen molar-refractivity contribution in [3.05, 3.63) is 35.7 Å². The van der Waals surface area contributed by atoms with Gasteiger partial charge < -0.3 is 15.8 Å². The first-order valence-electron chi connectivity index (χ1n) is 4.75. The zero-order valence-corrected chi connectivity index (χ0v) is 8.19. The summed E-state index contributed by atoms with van der Waals surface area (Å²) in [7, 11) is 0. The first-order chi connectivity index (χ1) is 7.33. The van der Waals surface area contributed by atoms with Crippen molar-refractivity contribution in [2.24, 2.45) is 5.73 Å². The van der Waals surface area contributed by atoms with Gasteiger partial charge in [0.15, 0.2) is 6.29 Å². The van der Waals surface area contributed by atoms with Crippen LogP contribution in [0.4, 0.5) is 5.69 Å². The number of ether oxygens (including phenoxy) is 1. The van der Waals surface area contributed by atoms with E-state index in [1.165, 1.54) is 6.26 Å². The number of allylic oxidation sites excluding steroid dienone is 1. The third-order valence-electron chi connectivity index (χ3n) is 2.20. The van der Waals surface area contributed by atoms with E-state index in [0.29, 0.717) is 12.2 Å². The number of hydrogen-bond acceptors (Lipinski definition) is 4. The van der Waals surface area contributed by atoms with E-state index in [9.17, 15) is 4.79 Å². The topological polar surface area (TPSA) is 64.3 Å². The highest BCUT2D eigenvalue weighted by Crippen LogP contribution is 2.30. The molecule has 0 spiro atoms. The van der Waals surface area contributed by atoms with Crippen LogP contribution in [0.3, 0.4) is 0 Å². The highest BCUT2D eigenvalue weighted by Gasteiger charge is 2.11. The minimum Gasteiger partial charge on any atom is -0.461 e. The summed E-state index contributed by atoms with van der Waals surface area (Å²) in [6.45, 7) is 0.607. The highest BCUT2D eigenvalue weighted by molar-refractivity contribution is 5.81. The Balaban J connectivity index is 2.26. The summed E-state index contributed by atoms with van der Waals surface area (Å²) in [5.74, 6) is 0.723. The number of aldehydes is 1. The van der Waals surface area contributed by atoms with Gasteiger partial charge in [0.05, 0.1) is 5.69 Å². The monoisotopic (exact) mass is 204 g/mol. The molecule has 0 amide bonds. The molecule has 0 aliphatic carbocycles. The molecule has 78 valence electrons. The van der Waals surface area contributed by atoms with Crippen molar-refractivity contribution in [2.75, 3.05) is 11.9 Å². The second-order valence-electron chi connectivity index (χ2n) is 3.30. The fourth-order valence-corrected chi connectivity index (χ4v) is 1.47. The van der Waals surface area contributed by atoms with Gasteiger partial charge in [-0.2, -0.15) is 0 Å². The Kier molecular flexibility index (Phi) is 2.69. The molecule has 1 aliphatic rings. The molecule has 4 heteroatoms. The molecule has 1 heterocycles. The molecule has 0 radical (unpaired) electrons. The normalized spacial score (nSPS) is 13.3. The Labute approximate surface area is 87.7 Å². The van der Waals surface area contributed by atoms with Gasteiger partial charge in [0.1, 0.15) is 17.7 Å². The van der Waals surface area contributed by atoms with Gasteiger partial charge in [-0.25, -0.2) is 0 Å². The second kappa shape index (κ2) is 4.14. The number of carbonyl (C=O) groups excluding carboxylic acids is 1. The van der Waals surface area contributed by atoms with Crippen LogP contribution >= 0.6 is 0 Å². The van der Waals surface area contributed by atoms with Crippen molar-refractivity contribution in [3.8, 4) is 5.75 Å². The smallest absolute Gasteiger partial charge is 0.169 e. The zero-order chi connectivity index (χ0) is 10.7. The van der Waals surface area contributed by atoms with E-state index in [4.69, 9.17) is 10.5 Å². The summed E-state index contributed by atoms with van der Waals surface area (Å²) < 4.78 is 5.27. The third-order valence-corrected chi connectivity index (χ3v) is 2.20. The molecule has 0 saturated carbocycles. The summed E-state index contributed by atoms with van der Waals surface area (Å²) in [6, 6.07) is 5.78. The number of hydrogen-bond donors (Lipinski definition) is 2. The number of rotatable bonds is 3. The van der Waals surface area contributed by atoms with Crippen LogP contribution < -0.4 is 15.8 Å².